The Kier molecular flexibility index (Phi) is 6.32. The molecule has 1 unspecified atom stereocenters. The third-order valence-corrected chi connectivity index (χ3v) is 7.40. The van der Waals surface area contributed by atoms with Crippen molar-refractivity contribution in [2.75, 3.05) is 36.3 Å². The lowest BCUT2D eigenvalue weighted by atomic mass is 10.2. The number of nitrogens with zero attached hydrogens (tertiary/aromatic N) is 5. The van der Waals surface area contributed by atoms with Gasteiger partial charge in [0.05, 0.1) is 40.7 Å². The molecule has 3 aromatic rings. The maximum atomic E-state index is 13.3. The second-order valence-corrected chi connectivity index (χ2v) is 9.53. The van der Waals surface area contributed by atoms with Crippen molar-refractivity contribution >= 4 is 39.8 Å². The van der Waals surface area contributed by atoms with Gasteiger partial charge in [-0.3, -0.25) is 14.2 Å². The molecule has 0 aliphatic carbocycles. The number of ketones is 1. The van der Waals surface area contributed by atoms with Gasteiger partial charge in [0.15, 0.2) is 10.9 Å². The lowest BCUT2D eigenvalue weighted by Gasteiger charge is -2.20. The number of allylic oxidation sites excluding steroid dienone is 1. The Balaban J connectivity index is 1.46. The van der Waals surface area contributed by atoms with E-state index in [9.17, 15) is 14.9 Å². The van der Waals surface area contributed by atoms with Crippen molar-refractivity contribution in [3.8, 4) is 6.07 Å². The van der Waals surface area contributed by atoms with Gasteiger partial charge in [-0.15, -0.1) is 0 Å². The molecule has 9 heteroatoms. The van der Waals surface area contributed by atoms with Gasteiger partial charge in [-0.1, -0.05) is 36.0 Å². The Morgan fingerprint density at radius 2 is 1.83 bits per heavy atom. The van der Waals surface area contributed by atoms with Crippen LogP contribution in [-0.2, 0) is 16.1 Å². The zero-order valence-electron chi connectivity index (χ0n) is 19.6. The third kappa shape index (κ3) is 4.20. The van der Waals surface area contributed by atoms with Gasteiger partial charge in [0.25, 0.3) is 5.56 Å². The number of rotatable bonds is 6. The van der Waals surface area contributed by atoms with Crippen LogP contribution >= 0.6 is 11.8 Å². The highest BCUT2D eigenvalue weighted by atomic mass is 32.2. The summed E-state index contributed by atoms with van der Waals surface area (Å²) in [6, 6.07) is 17.1. The van der Waals surface area contributed by atoms with E-state index in [4.69, 9.17) is 9.72 Å². The van der Waals surface area contributed by atoms with Crippen molar-refractivity contribution in [1.29, 1.82) is 5.26 Å². The smallest absolute Gasteiger partial charge is 0.262 e. The number of ether oxygens (including phenoxy) is 1. The van der Waals surface area contributed by atoms with Crippen LogP contribution in [0.25, 0.3) is 10.9 Å². The molecule has 2 aliphatic heterocycles. The summed E-state index contributed by atoms with van der Waals surface area (Å²) < 4.78 is 7.37. The number of carbonyl (C=O) groups excluding carboxylic acids is 1. The number of anilines is 2. The number of nitriles is 1. The number of para-hydroxylation sites is 3. The average Bonchev–Trinajstić information content (AvgIpc) is 3.48. The molecule has 8 nitrogen and oxygen atoms in total. The molecule has 0 spiro atoms. The van der Waals surface area contributed by atoms with Crippen molar-refractivity contribution in [2.24, 2.45) is 0 Å². The lowest BCUT2D eigenvalue weighted by Crippen LogP contribution is -2.29. The molecule has 2 aromatic carbocycles. The summed E-state index contributed by atoms with van der Waals surface area (Å²) in [6.45, 7) is 1.07. The van der Waals surface area contributed by atoms with E-state index in [1.165, 1.54) is 11.8 Å². The number of hydrogen-bond acceptors (Lipinski definition) is 8. The zero-order chi connectivity index (χ0) is 24.5. The molecular weight excluding hydrogens is 462 g/mol. The standard InChI is InChI=1S/C26H25N5O3S/c1-29-21-11-5-6-12-22(21)30(2)24(29)19(14-27)23(32)16-35-26-28-20-10-4-3-9-18(20)25(33)31(26)15-17-8-7-13-34-17/h3-6,9-12,17H,7-8,13,15-16H2,1-2H3. The predicted molar refractivity (Wildman–Crippen MR) is 137 cm³/mol. The first-order chi connectivity index (χ1) is 17.0. The fourth-order valence-electron chi connectivity index (χ4n) is 4.67. The minimum absolute atomic E-state index is 0.0132. The summed E-state index contributed by atoms with van der Waals surface area (Å²) in [7, 11) is 3.69. The molecule has 0 amide bonds. The summed E-state index contributed by atoms with van der Waals surface area (Å²) in [5.41, 5.74) is 2.37. The van der Waals surface area contributed by atoms with Crippen molar-refractivity contribution in [3.05, 3.63) is 70.3 Å². The van der Waals surface area contributed by atoms with Crippen LogP contribution < -0.4 is 15.4 Å². The van der Waals surface area contributed by atoms with E-state index >= 15 is 0 Å². The van der Waals surface area contributed by atoms with E-state index in [-0.39, 0.29) is 28.8 Å². The molecule has 0 N–H and O–H groups in total. The van der Waals surface area contributed by atoms with Crippen LogP contribution in [0.15, 0.2) is 69.9 Å². The van der Waals surface area contributed by atoms with Gasteiger partial charge in [-0.2, -0.15) is 5.26 Å². The molecule has 1 aromatic heterocycles. The minimum Gasteiger partial charge on any atom is -0.376 e. The van der Waals surface area contributed by atoms with E-state index in [0.29, 0.717) is 35.0 Å². The molecule has 3 heterocycles. The van der Waals surface area contributed by atoms with Crippen molar-refractivity contribution in [1.82, 2.24) is 9.55 Å². The van der Waals surface area contributed by atoms with Crippen molar-refractivity contribution in [2.45, 2.75) is 30.6 Å². The molecule has 0 bridgehead atoms. The lowest BCUT2D eigenvalue weighted by molar-refractivity contribution is -0.112. The van der Waals surface area contributed by atoms with Gasteiger partial charge < -0.3 is 14.5 Å². The van der Waals surface area contributed by atoms with E-state index in [0.717, 1.165) is 24.2 Å². The molecule has 35 heavy (non-hydrogen) atoms. The topological polar surface area (TPSA) is 91.5 Å². The van der Waals surface area contributed by atoms with Gasteiger partial charge in [0.2, 0.25) is 0 Å². The Labute approximate surface area is 207 Å². The molecule has 0 radical (unpaired) electrons. The Hall–Kier alpha value is -3.61. The Morgan fingerprint density at radius 1 is 1.14 bits per heavy atom. The summed E-state index contributed by atoms with van der Waals surface area (Å²) in [5, 5.41) is 10.9. The molecule has 1 saturated heterocycles. The van der Waals surface area contributed by atoms with Crippen LogP contribution in [0.5, 0.6) is 0 Å². The van der Waals surface area contributed by atoms with E-state index in [1.807, 2.05) is 60.3 Å². The van der Waals surface area contributed by atoms with Crippen LogP contribution in [0.4, 0.5) is 11.4 Å². The summed E-state index contributed by atoms with van der Waals surface area (Å²) in [4.78, 5) is 35.0. The molecular formula is C26H25N5O3S. The van der Waals surface area contributed by atoms with Crippen molar-refractivity contribution < 1.29 is 9.53 Å². The number of hydrogen-bond donors (Lipinski definition) is 0. The van der Waals surface area contributed by atoms with E-state index < -0.39 is 0 Å². The average molecular weight is 488 g/mol. The van der Waals surface area contributed by atoms with Crippen LogP contribution in [0.3, 0.4) is 0 Å². The number of carbonyl (C=O) groups is 1. The minimum atomic E-state index is -0.315. The van der Waals surface area contributed by atoms with Crippen LogP contribution in [0, 0.1) is 11.3 Å². The normalized spacial score (nSPS) is 17.1. The van der Waals surface area contributed by atoms with E-state index in [1.54, 1.807) is 16.7 Å². The first-order valence-electron chi connectivity index (χ1n) is 11.5. The summed E-state index contributed by atoms with van der Waals surface area (Å²) in [6.07, 6.45) is 1.79. The molecule has 1 atom stereocenters. The highest BCUT2D eigenvalue weighted by Gasteiger charge is 2.31. The number of aromatic nitrogens is 2. The predicted octanol–water partition coefficient (Wildman–Crippen LogP) is 3.56. The van der Waals surface area contributed by atoms with Gasteiger partial charge >= 0.3 is 0 Å². The molecule has 5 rings (SSSR count). The highest BCUT2D eigenvalue weighted by molar-refractivity contribution is 7.99. The largest absolute Gasteiger partial charge is 0.376 e. The molecule has 178 valence electrons. The Bertz CT molecular complexity index is 1400. The quantitative estimate of drug-likeness (QED) is 0.226. The zero-order valence-corrected chi connectivity index (χ0v) is 20.4. The van der Waals surface area contributed by atoms with Crippen LogP contribution in [0.2, 0.25) is 0 Å². The van der Waals surface area contributed by atoms with Crippen LogP contribution in [-0.4, -0.2) is 47.9 Å². The Morgan fingerprint density at radius 3 is 2.49 bits per heavy atom. The van der Waals surface area contributed by atoms with Crippen LogP contribution in [0.1, 0.15) is 12.8 Å². The fourth-order valence-corrected chi connectivity index (χ4v) is 5.55. The highest BCUT2D eigenvalue weighted by Crippen LogP contribution is 2.40. The maximum Gasteiger partial charge on any atom is 0.262 e. The van der Waals surface area contributed by atoms with Gasteiger partial charge in [0, 0.05) is 20.7 Å². The van der Waals surface area contributed by atoms with Gasteiger partial charge in [0.1, 0.15) is 17.5 Å². The second-order valence-electron chi connectivity index (χ2n) is 8.59. The van der Waals surface area contributed by atoms with Gasteiger partial charge in [-0.25, -0.2) is 4.98 Å². The summed E-state index contributed by atoms with van der Waals surface area (Å²) in [5.74, 6) is 0.216. The first-order valence-corrected chi connectivity index (χ1v) is 12.5. The monoisotopic (exact) mass is 487 g/mol. The maximum absolute atomic E-state index is 13.3. The molecule has 0 saturated carbocycles. The fraction of sp³-hybridized carbons (Fsp3) is 0.308. The third-order valence-electron chi connectivity index (χ3n) is 6.42. The SMILES string of the molecule is CN1C(=C(C#N)C(=O)CSc2nc3ccccc3c(=O)n2CC2CCCO2)N(C)c2ccccc21. The molecule has 2 aliphatic rings. The first kappa shape index (κ1) is 23.1. The number of fused-ring (bicyclic) bond motifs is 2. The number of benzene rings is 2. The summed E-state index contributed by atoms with van der Waals surface area (Å²) >= 11 is 1.18. The number of Topliss-reactive ketones (excluding diaryl/α,β-unsaturated/α-hetero) is 1. The van der Waals surface area contributed by atoms with Crippen molar-refractivity contribution in [3.63, 3.8) is 0 Å². The van der Waals surface area contributed by atoms with Gasteiger partial charge in [-0.05, 0) is 37.1 Å². The number of thioether (sulfide) groups is 1. The second kappa shape index (κ2) is 9.56. The van der Waals surface area contributed by atoms with E-state index in [2.05, 4.69) is 6.07 Å². The molecule has 1 fully saturated rings.